The number of nitrogens with zero attached hydrogens (tertiary/aromatic N) is 2. The number of nitrogens with one attached hydrogen (secondary N) is 1. The molecule has 8 heteroatoms. The SMILES string of the molecule is O=C(CN1c2ccccc2Sc2ccccc21)NN1C(=O)C(=C(c2ccccc2)c2ccccc2)SC1c1ccco1. The summed E-state index contributed by atoms with van der Waals surface area (Å²) >= 11 is 3.06. The van der Waals surface area contributed by atoms with Gasteiger partial charge in [-0.05, 0) is 47.5 Å². The van der Waals surface area contributed by atoms with Gasteiger partial charge in [-0.2, -0.15) is 0 Å². The first-order valence-corrected chi connectivity index (χ1v) is 15.2. The Kier molecular flexibility index (Phi) is 7.07. The summed E-state index contributed by atoms with van der Waals surface area (Å²) in [4.78, 5) is 32.6. The molecule has 0 bridgehead atoms. The van der Waals surface area contributed by atoms with Crippen molar-refractivity contribution in [3.05, 3.63) is 149 Å². The van der Waals surface area contributed by atoms with Crippen molar-refractivity contribution in [2.45, 2.75) is 15.2 Å². The highest BCUT2D eigenvalue weighted by atomic mass is 32.2. The van der Waals surface area contributed by atoms with E-state index in [0.717, 1.165) is 37.9 Å². The second kappa shape index (κ2) is 11.3. The fourth-order valence-electron chi connectivity index (χ4n) is 5.23. The molecule has 1 atom stereocenters. The number of hydrogen-bond acceptors (Lipinski definition) is 6. The van der Waals surface area contributed by atoms with Crippen molar-refractivity contribution in [3.63, 3.8) is 0 Å². The minimum atomic E-state index is -0.564. The topological polar surface area (TPSA) is 65.8 Å². The second-order valence-electron chi connectivity index (χ2n) is 9.76. The van der Waals surface area contributed by atoms with Crippen LogP contribution in [0.3, 0.4) is 0 Å². The third-order valence-corrected chi connectivity index (χ3v) is 9.51. The Morgan fingerprint density at radius 3 is 1.88 bits per heavy atom. The van der Waals surface area contributed by atoms with E-state index < -0.39 is 5.37 Å². The molecule has 0 radical (unpaired) electrons. The molecule has 1 saturated heterocycles. The second-order valence-corrected chi connectivity index (χ2v) is 11.9. The summed E-state index contributed by atoms with van der Waals surface area (Å²) in [6.45, 7) is 0.0389. The van der Waals surface area contributed by atoms with Gasteiger partial charge in [0.2, 0.25) is 0 Å². The molecule has 2 aliphatic rings. The minimum Gasteiger partial charge on any atom is -0.466 e. The number of hydrogen-bond donors (Lipinski definition) is 1. The van der Waals surface area contributed by atoms with Crippen LogP contribution in [0.25, 0.3) is 5.57 Å². The van der Waals surface area contributed by atoms with E-state index in [1.807, 2.05) is 108 Å². The van der Waals surface area contributed by atoms with E-state index in [9.17, 15) is 9.59 Å². The van der Waals surface area contributed by atoms with Gasteiger partial charge in [-0.3, -0.25) is 15.0 Å². The Labute approximate surface area is 252 Å². The number of anilines is 2. The summed E-state index contributed by atoms with van der Waals surface area (Å²) in [6.07, 6.45) is 1.58. The summed E-state index contributed by atoms with van der Waals surface area (Å²) in [7, 11) is 0. The monoisotopic (exact) mass is 587 g/mol. The zero-order valence-corrected chi connectivity index (χ0v) is 24.0. The molecule has 3 heterocycles. The lowest BCUT2D eigenvalue weighted by Crippen LogP contribution is -2.47. The predicted molar refractivity (Wildman–Crippen MR) is 167 cm³/mol. The summed E-state index contributed by atoms with van der Waals surface area (Å²) in [5.74, 6) is -0.0131. The van der Waals surface area contributed by atoms with E-state index in [4.69, 9.17) is 4.42 Å². The molecular weight excluding hydrogens is 563 g/mol. The average Bonchev–Trinajstić information content (AvgIpc) is 3.67. The normalized spacial score (nSPS) is 15.8. The largest absolute Gasteiger partial charge is 0.466 e. The smallest absolute Gasteiger partial charge is 0.280 e. The number of carbonyl (C=O) groups is 2. The van der Waals surface area contributed by atoms with Crippen LogP contribution in [0.4, 0.5) is 11.4 Å². The highest BCUT2D eigenvalue weighted by Crippen LogP contribution is 2.50. The molecule has 2 amide bonds. The van der Waals surface area contributed by atoms with E-state index in [2.05, 4.69) is 17.6 Å². The molecule has 1 unspecified atom stereocenters. The van der Waals surface area contributed by atoms with E-state index in [-0.39, 0.29) is 18.4 Å². The van der Waals surface area contributed by atoms with E-state index >= 15 is 0 Å². The lowest BCUT2D eigenvalue weighted by molar-refractivity contribution is -0.137. The van der Waals surface area contributed by atoms with Gasteiger partial charge in [0.05, 0.1) is 22.5 Å². The van der Waals surface area contributed by atoms with Crippen LogP contribution in [0.5, 0.6) is 0 Å². The molecule has 0 spiro atoms. The van der Waals surface area contributed by atoms with E-state index in [1.54, 1.807) is 24.1 Å². The van der Waals surface area contributed by atoms with Crippen molar-refractivity contribution in [2.24, 2.45) is 0 Å². The molecule has 2 aliphatic heterocycles. The zero-order chi connectivity index (χ0) is 28.5. The van der Waals surface area contributed by atoms with Gasteiger partial charge in [-0.15, -0.1) is 0 Å². The van der Waals surface area contributed by atoms with Crippen molar-refractivity contribution in [1.82, 2.24) is 10.4 Å². The number of amides is 2. The van der Waals surface area contributed by atoms with Crippen LogP contribution in [-0.2, 0) is 9.59 Å². The Morgan fingerprint density at radius 2 is 1.31 bits per heavy atom. The first-order chi connectivity index (χ1) is 20.7. The van der Waals surface area contributed by atoms with Gasteiger partial charge < -0.3 is 9.32 Å². The Morgan fingerprint density at radius 1 is 0.738 bits per heavy atom. The number of hydrazine groups is 1. The van der Waals surface area contributed by atoms with Gasteiger partial charge in [0.1, 0.15) is 12.3 Å². The number of rotatable bonds is 6. The van der Waals surface area contributed by atoms with E-state index in [0.29, 0.717) is 10.7 Å². The molecular formula is C34H25N3O3S2. The number of para-hydroxylation sites is 2. The first kappa shape index (κ1) is 26.3. The van der Waals surface area contributed by atoms with Gasteiger partial charge >= 0.3 is 0 Å². The minimum absolute atomic E-state index is 0.0389. The molecule has 6 nitrogen and oxygen atoms in total. The summed E-state index contributed by atoms with van der Waals surface area (Å²) in [5.41, 5.74) is 7.51. The molecule has 1 N–H and O–H groups in total. The molecule has 0 aliphatic carbocycles. The number of carbonyl (C=O) groups excluding carboxylic acids is 2. The van der Waals surface area contributed by atoms with Crippen LogP contribution in [0.1, 0.15) is 22.3 Å². The van der Waals surface area contributed by atoms with Crippen LogP contribution in [-0.4, -0.2) is 23.4 Å². The Balaban J connectivity index is 1.25. The predicted octanol–water partition coefficient (Wildman–Crippen LogP) is 7.65. The van der Waals surface area contributed by atoms with Crippen molar-refractivity contribution >= 4 is 52.3 Å². The molecule has 7 rings (SSSR count). The third-order valence-electron chi connectivity index (χ3n) is 7.09. The van der Waals surface area contributed by atoms with Crippen molar-refractivity contribution in [1.29, 1.82) is 0 Å². The fraction of sp³-hybridized carbons (Fsp3) is 0.0588. The molecule has 206 valence electrons. The van der Waals surface area contributed by atoms with Crippen LogP contribution < -0.4 is 10.3 Å². The Bertz CT molecular complexity index is 1700. The zero-order valence-electron chi connectivity index (χ0n) is 22.3. The average molecular weight is 588 g/mol. The molecule has 1 aromatic heterocycles. The third kappa shape index (κ3) is 4.89. The van der Waals surface area contributed by atoms with Gasteiger partial charge in [0, 0.05) is 15.4 Å². The fourth-order valence-corrected chi connectivity index (χ4v) is 7.60. The molecule has 42 heavy (non-hydrogen) atoms. The summed E-state index contributed by atoms with van der Waals surface area (Å²) < 4.78 is 5.76. The van der Waals surface area contributed by atoms with Gasteiger partial charge in [0.25, 0.3) is 11.8 Å². The number of benzene rings is 4. The van der Waals surface area contributed by atoms with Gasteiger partial charge in [-0.1, -0.05) is 108 Å². The number of furan rings is 1. The molecule has 5 aromatic rings. The lowest BCUT2D eigenvalue weighted by atomic mass is 9.97. The first-order valence-electron chi connectivity index (χ1n) is 13.5. The lowest BCUT2D eigenvalue weighted by Gasteiger charge is -2.33. The highest BCUT2D eigenvalue weighted by molar-refractivity contribution is 8.04. The molecule has 1 fully saturated rings. The summed E-state index contributed by atoms with van der Waals surface area (Å²) in [5, 5.41) is 0.842. The highest BCUT2D eigenvalue weighted by Gasteiger charge is 2.42. The van der Waals surface area contributed by atoms with Crippen molar-refractivity contribution < 1.29 is 14.0 Å². The van der Waals surface area contributed by atoms with Crippen LogP contribution >= 0.6 is 23.5 Å². The molecule has 0 saturated carbocycles. The Hall–Kier alpha value is -4.66. The number of thioether (sulfide) groups is 1. The maximum absolute atomic E-state index is 14.2. The quantitative estimate of drug-likeness (QED) is 0.206. The van der Waals surface area contributed by atoms with Gasteiger partial charge in [0.15, 0.2) is 5.37 Å². The van der Waals surface area contributed by atoms with Crippen molar-refractivity contribution in [2.75, 3.05) is 11.4 Å². The van der Waals surface area contributed by atoms with E-state index in [1.165, 1.54) is 16.8 Å². The number of fused-ring (bicyclic) bond motifs is 2. The standard InChI is InChI=1S/C34H25N3O3S2/c38-30(22-36-25-16-7-9-19-28(25)41-29-20-10-8-17-26(29)36)35-37-33(39)32(42-34(37)27-18-11-21-40-27)31(23-12-3-1-4-13-23)24-14-5-2-6-15-24/h1-21,34H,22H2,(H,35,38). The van der Waals surface area contributed by atoms with Crippen LogP contribution in [0.2, 0.25) is 0 Å². The maximum Gasteiger partial charge on any atom is 0.280 e. The van der Waals surface area contributed by atoms with Crippen LogP contribution in [0, 0.1) is 0 Å². The van der Waals surface area contributed by atoms with Crippen molar-refractivity contribution in [3.8, 4) is 0 Å². The summed E-state index contributed by atoms with van der Waals surface area (Å²) in [6, 6.07) is 39.4. The molecule has 4 aromatic carbocycles. The maximum atomic E-state index is 14.2. The van der Waals surface area contributed by atoms with Crippen LogP contribution in [0.15, 0.2) is 147 Å². The van der Waals surface area contributed by atoms with Gasteiger partial charge in [-0.25, -0.2) is 5.01 Å².